The molecule has 2 nitrogen and oxygen atoms in total. The first-order valence-corrected chi connectivity index (χ1v) is 7.63. The van der Waals surface area contributed by atoms with Gasteiger partial charge in [0.2, 0.25) is 0 Å². The van der Waals surface area contributed by atoms with E-state index in [0.29, 0.717) is 0 Å². The maximum atomic E-state index is 12.8. The summed E-state index contributed by atoms with van der Waals surface area (Å²) in [4.78, 5) is 15.1. The minimum absolute atomic E-state index is 0.131. The number of carbonyl (C=O) groups excluding carboxylic acids is 1. The van der Waals surface area contributed by atoms with Gasteiger partial charge in [-0.15, -0.1) is 0 Å². The van der Waals surface area contributed by atoms with E-state index < -0.39 is 0 Å². The van der Waals surface area contributed by atoms with Crippen molar-refractivity contribution in [2.75, 3.05) is 13.1 Å². The lowest BCUT2D eigenvalue weighted by molar-refractivity contribution is 0.0702. The van der Waals surface area contributed by atoms with Crippen LogP contribution in [0.5, 0.6) is 0 Å². The molecule has 0 bridgehead atoms. The van der Waals surface area contributed by atoms with Crippen LogP contribution >= 0.6 is 0 Å². The molecule has 1 aliphatic rings. The van der Waals surface area contributed by atoms with Crippen LogP contribution in [0.2, 0.25) is 0 Å². The van der Waals surface area contributed by atoms with Gasteiger partial charge in [-0.25, -0.2) is 0 Å². The van der Waals surface area contributed by atoms with E-state index in [-0.39, 0.29) is 16.7 Å². The van der Waals surface area contributed by atoms with Crippen LogP contribution in [-0.4, -0.2) is 29.3 Å². The number of Topliss-reactive ketones (excluding diaryl/α,β-unsaturated/α-hetero) is 1. The summed E-state index contributed by atoms with van der Waals surface area (Å²) >= 11 is 0. The second-order valence-corrected chi connectivity index (χ2v) is 7.41. The molecule has 110 valence electrons. The lowest BCUT2D eigenvalue weighted by Gasteiger charge is -2.34. The largest absolute Gasteiger partial charge is 0.292 e. The van der Waals surface area contributed by atoms with Crippen LogP contribution in [-0.2, 0) is 5.41 Å². The van der Waals surface area contributed by atoms with Gasteiger partial charge in [0.25, 0.3) is 0 Å². The van der Waals surface area contributed by atoms with Gasteiger partial charge in [0.15, 0.2) is 5.78 Å². The molecule has 1 aromatic carbocycles. The first-order valence-electron chi connectivity index (χ1n) is 7.63. The Bertz CT molecular complexity index is 473. The van der Waals surface area contributed by atoms with Gasteiger partial charge >= 0.3 is 0 Å². The van der Waals surface area contributed by atoms with Gasteiger partial charge in [-0.3, -0.25) is 9.69 Å². The van der Waals surface area contributed by atoms with Crippen molar-refractivity contribution in [2.24, 2.45) is 0 Å². The zero-order valence-corrected chi connectivity index (χ0v) is 13.5. The van der Waals surface area contributed by atoms with E-state index in [0.717, 1.165) is 18.7 Å². The van der Waals surface area contributed by atoms with Crippen molar-refractivity contribution in [1.82, 2.24) is 4.90 Å². The molecule has 0 N–H and O–H groups in total. The van der Waals surface area contributed by atoms with E-state index in [1.807, 2.05) is 12.1 Å². The highest BCUT2D eigenvalue weighted by Gasteiger charge is 2.36. The third kappa shape index (κ3) is 2.95. The molecule has 1 fully saturated rings. The predicted molar refractivity (Wildman–Crippen MR) is 84.4 cm³/mol. The van der Waals surface area contributed by atoms with Crippen LogP contribution in [0.15, 0.2) is 24.3 Å². The average Bonchev–Trinajstić information content (AvgIpc) is 2.91. The number of rotatable bonds is 3. The van der Waals surface area contributed by atoms with Gasteiger partial charge in [0, 0.05) is 5.56 Å². The third-order valence-electron chi connectivity index (χ3n) is 4.47. The Morgan fingerprint density at radius 3 is 1.90 bits per heavy atom. The van der Waals surface area contributed by atoms with Crippen LogP contribution < -0.4 is 0 Å². The van der Waals surface area contributed by atoms with Gasteiger partial charge in [-0.2, -0.15) is 0 Å². The van der Waals surface area contributed by atoms with E-state index in [1.54, 1.807) is 0 Å². The smallest absolute Gasteiger partial charge is 0.182 e. The monoisotopic (exact) mass is 273 g/mol. The molecule has 0 saturated carbocycles. The fraction of sp³-hybridized carbons (Fsp3) is 0.611. The number of hydrogen-bond donors (Lipinski definition) is 0. The SMILES string of the molecule is CC(C)(C)c1ccc(C(=O)C(C)(C)N2CCCC2)cc1. The van der Waals surface area contributed by atoms with E-state index in [9.17, 15) is 4.79 Å². The Balaban J connectivity index is 2.20. The van der Waals surface area contributed by atoms with E-state index >= 15 is 0 Å². The van der Waals surface area contributed by atoms with Crippen molar-refractivity contribution >= 4 is 5.78 Å². The molecule has 0 radical (unpaired) electrons. The highest BCUT2D eigenvalue weighted by atomic mass is 16.1. The number of carbonyl (C=O) groups is 1. The summed E-state index contributed by atoms with van der Waals surface area (Å²) in [6, 6.07) is 8.15. The van der Waals surface area contributed by atoms with E-state index in [1.165, 1.54) is 18.4 Å². The fourth-order valence-corrected chi connectivity index (χ4v) is 2.89. The first-order chi connectivity index (χ1) is 9.23. The zero-order valence-electron chi connectivity index (χ0n) is 13.5. The van der Waals surface area contributed by atoms with Gasteiger partial charge in [-0.1, -0.05) is 45.0 Å². The maximum absolute atomic E-state index is 12.8. The molecular weight excluding hydrogens is 246 g/mol. The minimum atomic E-state index is -0.389. The van der Waals surface area contributed by atoms with Crippen molar-refractivity contribution in [1.29, 1.82) is 0 Å². The van der Waals surface area contributed by atoms with E-state index in [2.05, 4.69) is 51.7 Å². The Kier molecular flexibility index (Phi) is 4.06. The van der Waals surface area contributed by atoms with Crippen molar-refractivity contribution < 1.29 is 4.79 Å². The Hall–Kier alpha value is -1.15. The van der Waals surface area contributed by atoms with Crippen molar-refractivity contribution in [2.45, 2.75) is 58.4 Å². The lowest BCUT2D eigenvalue weighted by atomic mass is 9.85. The van der Waals surface area contributed by atoms with Gasteiger partial charge in [-0.05, 0) is 50.8 Å². The molecule has 0 amide bonds. The van der Waals surface area contributed by atoms with Gasteiger partial charge < -0.3 is 0 Å². The third-order valence-corrected chi connectivity index (χ3v) is 4.47. The standard InChI is InChI=1S/C18H27NO/c1-17(2,3)15-10-8-14(9-11-15)16(20)18(4,5)19-12-6-7-13-19/h8-11H,6-7,12-13H2,1-5H3. The summed E-state index contributed by atoms with van der Waals surface area (Å²) in [5.74, 6) is 0.236. The number of ketones is 1. The molecule has 1 aliphatic heterocycles. The van der Waals surface area contributed by atoms with Crippen LogP contribution in [0, 0.1) is 0 Å². The van der Waals surface area contributed by atoms with Crippen LogP contribution in [0.3, 0.4) is 0 Å². The lowest BCUT2D eigenvalue weighted by Crippen LogP contribution is -2.48. The van der Waals surface area contributed by atoms with Crippen LogP contribution in [0.4, 0.5) is 0 Å². The number of nitrogens with zero attached hydrogens (tertiary/aromatic N) is 1. The quantitative estimate of drug-likeness (QED) is 0.775. The molecular formula is C18H27NO. The topological polar surface area (TPSA) is 20.3 Å². The van der Waals surface area contributed by atoms with Gasteiger partial charge in [0.05, 0.1) is 5.54 Å². The summed E-state index contributed by atoms with van der Waals surface area (Å²) in [6.45, 7) is 12.8. The molecule has 2 heteroatoms. The molecule has 0 aliphatic carbocycles. The molecule has 1 heterocycles. The Morgan fingerprint density at radius 2 is 1.45 bits per heavy atom. The fourth-order valence-electron chi connectivity index (χ4n) is 2.89. The highest BCUT2D eigenvalue weighted by Crippen LogP contribution is 2.27. The normalized spacial score (nSPS) is 17.4. The van der Waals surface area contributed by atoms with Crippen molar-refractivity contribution in [3.05, 3.63) is 35.4 Å². The molecule has 0 unspecified atom stereocenters. The summed E-state index contributed by atoms with van der Waals surface area (Å²) in [6.07, 6.45) is 2.42. The summed E-state index contributed by atoms with van der Waals surface area (Å²) < 4.78 is 0. The molecule has 0 spiro atoms. The van der Waals surface area contributed by atoms with E-state index in [4.69, 9.17) is 0 Å². The summed E-state index contributed by atoms with van der Waals surface area (Å²) in [7, 11) is 0. The van der Waals surface area contributed by atoms with Crippen molar-refractivity contribution in [3.63, 3.8) is 0 Å². The number of benzene rings is 1. The molecule has 2 rings (SSSR count). The first kappa shape index (κ1) is 15.2. The molecule has 1 saturated heterocycles. The zero-order chi connectivity index (χ0) is 15.0. The Morgan fingerprint density at radius 1 is 0.950 bits per heavy atom. The Labute approximate surface area is 123 Å². The second kappa shape index (κ2) is 5.33. The summed E-state index contributed by atoms with van der Waals surface area (Å²) in [5.41, 5.74) is 1.84. The minimum Gasteiger partial charge on any atom is -0.292 e. The van der Waals surface area contributed by atoms with Crippen LogP contribution in [0.1, 0.15) is 63.4 Å². The predicted octanol–water partition coefficient (Wildman–Crippen LogP) is 4.04. The second-order valence-electron chi connectivity index (χ2n) is 7.41. The molecule has 20 heavy (non-hydrogen) atoms. The van der Waals surface area contributed by atoms with Gasteiger partial charge in [0.1, 0.15) is 0 Å². The van der Waals surface area contributed by atoms with Crippen molar-refractivity contribution in [3.8, 4) is 0 Å². The molecule has 1 aromatic rings. The number of hydrogen-bond acceptors (Lipinski definition) is 2. The average molecular weight is 273 g/mol. The highest BCUT2D eigenvalue weighted by molar-refractivity contribution is 6.02. The maximum Gasteiger partial charge on any atom is 0.182 e. The van der Waals surface area contributed by atoms with Crippen LogP contribution in [0.25, 0.3) is 0 Å². The number of likely N-dealkylation sites (tertiary alicyclic amines) is 1. The molecule has 0 aromatic heterocycles. The summed E-state index contributed by atoms with van der Waals surface area (Å²) in [5, 5.41) is 0. The molecule has 0 atom stereocenters.